The molecule has 2 N–H and O–H groups in total. The summed E-state index contributed by atoms with van der Waals surface area (Å²) in [6.45, 7) is 1.90. The van der Waals surface area contributed by atoms with E-state index >= 15 is 0 Å². The fraction of sp³-hybridized carbons (Fsp3) is 0.444. The smallest absolute Gasteiger partial charge is 0.356 e. The summed E-state index contributed by atoms with van der Waals surface area (Å²) in [7, 11) is 5.70. The minimum Gasteiger partial charge on any atom is -0.356 e. The van der Waals surface area contributed by atoms with Gasteiger partial charge < -0.3 is 15.5 Å². The quantitative estimate of drug-likeness (QED) is 0.327. The van der Waals surface area contributed by atoms with Gasteiger partial charge >= 0.3 is 6.18 Å². The highest BCUT2D eigenvalue weighted by Crippen LogP contribution is 2.29. The van der Waals surface area contributed by atoms with E-state index in [2.05, 4.69) is 37.6 Å². The van der Waals surface area contributed by atoms with E-state index in [0.717, 1.165) is 23.3 Å². The number of nitrogens with one attached hydrogen (secondary N) is 2. The molecule has 156 valence electrons. The standard InChI is InChI=1S/C18H24F3N5S.HI/c1-22-17(23-9-8-16-25-15(12-27-16)18(19,20)21)24-10-13-6-4-5-7-14(13)11-26(2)3;/h4-7,12H,8-11H2,1-3H3,(H2,22,23,24);1H. The second-order valence-electron chi connectivity index (χ2n) is 6.23. The SMILES string of the molecule is CN=C(NCCc1nc(C(F)(F)F)cs1)NCc1ccccc1CN(C)C.I. The van der Waals surface area contributed by atoms with Crippen molar-refractivity contribution in [2.75, 3.05) is 27.7 Å². The van der Waals surface area contributed by atoms with Gasteiger partial charge in [0.2, 0.25) is 0 Å². The van der Waals surface area contributed by atoms with E-state index in [1.807, 2.05) is 26.2 Å². The summed E-state index contributed by atoms with van der Waals surface area (Å²) in [6.07, 6.45) is -3.99. The first-order valence-corrected chi connectivity index (χ1v) is 9.35. The normalized spacial score (nSPS) is 12.0. The molecule has 28 heavy (non-hydrogen) atoms. The third kappa shape index (κ3) is 7.92. The summed E-state index contributed by atoms with van der Waals surface area (Å²) in [5.74, 6) is 0.599. The van der Waals surface area contributed by atoms with Gasteiger partial charge in [0.05, 0.1) is 5.01 Å². The van der Waals surface area contributed by atoms with Gasteiger partial charge in [0.25, 0.3) is 0 Å². The molecule has 1 aromatic heterocycles. The molecule has 0 bridgehead atoms. The highest BCUT2D eigenvalue weighted by molar-refractivity contribution is 14.0. The average Bonchev–Trinajstić information content (AvgIpc) is 3.08. The van der Waals surface area contributed by atoms with Crippen molar-refractivity contribution in [1.82, 2.24) is 20.5 Å². The lowest BCUT2D eigenvalue weighted by Gasteiger charge is -2.16. The molecule has 10 heteroatoms. The maximum absolute atomic E-state index is 12.6. The Morgan fingerprint density at radius 3 is 2.43 bits per heavy atom. The van der Waals surface area contributed by atoms with Crippen LogP contribution in [0.25, 0.3) is 0 Å². The van der Waals surface area contributed by atoms with Crippen molar-refractivity contribution in [2.24, 2.45) is 4.99 Å². The second kappa shape index (κ2) is 11.6. The molecule has 0 aliphatic heterocycles. The Kier molecular flexibility index (Phi) is 10.2. The van der Waals surface area contributed by atoms with Gasteiger partial charge in [-0.15, -0.1) is 35.3 Å². The van der Waals surface area contributed by atoms with Crippen molar-refractivity contribution in [2.45, 2.75) is 25.7 Å². The van der Waals surface area contributed by atoms with Gasteiger partial charge in [0.15, 0.2) is 11.7 Å². The van der Waals surface area contributed by atoms with Crippen LogP contribution < -0.4 is 10.6 Å². The van der Waals surface area contributed by atoms with Crippen LogP contribution in [0.4, 0.5) is 13.2 Å². The van der Waals surface area contributed by atoms with Crippen molar-refractivity contribution in [1.29, 1.82) is 0 Å². The van der Waals surface area contributed by atoms with Crippen LogP contribution in [0.5, 0.6) is 0 Å². The van der Waals surface area contributed by atoms with Crippen LogP contribution in [0.1, 0.15) is 21.8 Å². The maximum Gasteiger partial charge on any atom is 0.434 e. The second-order valence-corrected chi connectivity index (χ2v) is 7.18. The summed E-state index contributed by atoms with van der Waals surface area (Å²) < 4.78 is 37.7. The Bertz CT molecular complexity index is 762. The fourth-order valence-electron chi connectivity index (χ4n) is 2.47. The molecule has 2 rings (SSSR count). The minimum atomic E-state index is -4.39. The Balaban J connectivity index is 0.00000392. The summed E-state index contributed by atoms with van der Waals surface area (Å²) in [4.78, 5) is 9.89. The van der Waals surface area contributed by atoms with Crippen molar-refractivity contribution < 1.29 is 13.2 Å². The summed E-state index contributed by atoms with van der Waals surface area (Å²) >= 11 is 1.02. The van der Waals surface area contributed by atoms with Crippen LogP contribution in [0.3, 0.4) is 0 Å². The molecule has 5 nitrogen and oxygen atoms in total. The first-order chi connectivity index (χ1) is 12.8. The minimum absolute atomic E-state index is 0. The molecule has 0 aliphatic rings. The number of thiazole rings is 1. The molecular formula is C18H25F3IN5S. The van der Waals surface area contributed by atoms with Gasteiger partial charge in [0, 0.05) is 38.5 Å². The van der Waals surface area contributed by atoms with E-state index in [1.165, 1.54) is 11.1 Å². The first kappa shape index (κ1) is 24.6. The lowest BCUT2D eigenvalue weighted by Crippen LogP contribution is -2.38. The zero-order chi connectivity index (χ0) is 19.9. The Labute approximate surface area is 184 Å². The number of guanidine groups is 1. The first-order valence-electron chi connectivity index (χ1n) is 8.47. The van der Waals surface area contributed by atoms with E-state index in [4.69, 9.17) is 0 Å². The lowest BCUT2D eigenvalue weighted by atomic mass is 10.1. The van der Waals surface area contributed by atoms with Crippen LogP contribution in [-0.2, 0) is 25.7 Å². The molecule has 0 spiro atoms. The summed E-state index contributed by atoms with van der Waals surface area (Å²) in [6, 6.07) is 8.16. The van der Waals surface area contributed by atoms with Crippen LogP contribution in [-0.4, -0.2) is 43.5 Å². The Morgan fingerprint density at radius 1 is 1.18 bits per heavy atom. The van der Waals surface area contributed by atoms with Crippen LogP contribution >= 0.6 is 35.3 Å². The number of hydrogen-bond acceptors (Lipinski definition) is 4. The van der Waals surface area contributed by atoms with Gasteiger partial charge in [-0.3, -0.25) is 4.99 Å². The molecule has 0 radical (unpaired) electrons. The van der Waals surface area contributed by atoms with Gasteiger partial charge in [-0.05, 0) is 25.2 Å². The number of alkyl halides is 3. The van der Waals surface area contributed by atoms with Crippen LogP contribution in [0.15, 0.2) is 34.6 Å². The molecule has 0 unspecified atom stereocenters. The van der Waals surface area contributed by atoms with E-state index in [9.17, 15) is 13.2 Å². The topological polar surface area (TPSA) is 52.6 Å². The average molecular weight is 527 g/mol. The van der Waals surface area contributed by atoms with Gasteiger partial charge in [0.1, 0.15) is 0 Å². The molecule has 0 saturated heterocycles. The zero-order valence-corrected chi connectivity index (χ0v) is 19.2. The Morgan fingerprint density at radius 2 is 1.86 bits per heavy atom. The lowest BCUT2D eigenvalue weighted by molar-refractivity contribution is -0.140. The molecule has 2 aromatic rings. The maximum atomic E-state index is 12.6. The van der Waals surface area contributed by atoms with Crippen molar-refractivity contribution in [3.05, 3.63) is 51.5 Å². The number of nitrogens with zero attached hydrogens (tertiary/aromatic N) is 3. The molecular weight excluding hydrogens is 502 g/mol. The summed E-state index contributed by atoms with van der Waals surface area (Å²) in [5.41, 5.74) is 1.57. The molecule has 1 heterocycles. The number of aliphatic imine (C=N–C) groups is 1. The third-order valence-corrected chi connectivity index (χ3v) is 4.66. The molecule has 0 fully saturated rings. The van der Waals surface area contributed by atoms with Crippen LogP contribution in [0.2, 0.25) is 0 Å². The number of aromatic nitrogens is 1. The highest BCUT2D eigenvalue weighted by Gasteiger charge is 2.33. The van der Waals surface area contributed by atoms with E-state index in [0.29, 0.717) is 30.5 Å². The predicted molar refractivity (Wildman–Crippen MR) is 118 cm³/mol. The number of benzene rings is 1. The molecule has 0 aliphatic carbocycles. The zero-order valence-electron chi connectivity index (χ0n) is 16.0. The van der Waals surface area contributed by atoms with Gasteiger partial charge in [-0.1, -0.05) is 24.3 Å². The van der Waals surface area contributed by atoms with Crippen molar-refractivity contribution >= 4 is 41.3 Å². The van der Waals surface area contributed by atoms with Crippen LogP contribution in [0, 0.1) is 0 Å². The monoisotopic (exact) mass is 527 g/mol. The van der Waals surface area contributed by atoms with E-state index in [1.54, 1.807) is 7.05 Å². The third-order valence-electron chi connectivity index (χ3n) is 3.75. The molecule has 1 aromatic carbocycles. The number of halogens is 4. The van der Waals surface area contributed by atoms with Crippen molar-refractivity contribution in [3.8, 4) is 0 Å². The summed E-state index contributed by atoms with van der Waals surface area (Å²) in [5, 5.41) is 7.84. The highest BCUT2D eigenvalue weighted by atomic mass is 127. The van der Waals surface area contributed by atoms with E-state index in [-0.39, 0.29) is 24.0 Å². The Hall–Kier alpha value is -1.40. The van der Waals surface area contributed by atoms with Gasteiger partial charge in [-0.25, -0.2) is 4.98 Å². The molecule has 0 atom stereocenters. The van der Waals surface area contributed by atoms with Gasteiger partial charge in [-0.2, -0.15) is 13.2 Å². The number of rotatable bonds is 7. The molecule has 0 amide bonds. The predicted octanol–water partition coefficient (Wildman–Crippen LogP) is 3.75. The van der Waals surface area contributed by atoms with Crippen molar-refractivity contribution in [3.63, 3.8) is 0 Å². The molecule has 0 saturated carbocycles. The number of hydrogen-bond donors (Lipinski definition) is 2. The van der Waals surface area contributed by atoms with E-state index < -0.39 is 11.9 Å². The fourth-order valence-corrected chi connectivity index (χ4v) is 3.27. The largest absolute Gasteiger partial charge is 0.434 e.